The van der Waals surface area contributed by atoms with Gasteiger partial charge in [-0.25, -0.2) is 0 Å². The average molecular weight is 306 g/mol. The van der Waals surface area contributed by atoms with Gasteiger partial charge in [-0.1, -0.05) is 23.7 Å². The number of hydrogen-bond acceptors (Lipinski definition) is 2. The van der Waals surface area contributed by atoms with E-state index in [0.29, 0.717) is 10.6 Å². The van der Waals surface area contributed by atoms with Crippen LogP contribution in [0.3, 0.4) is 0 Å². The third-order valence-corrected chi connectivity index (χ3v) is 3.92. The molecule has 0 aliphatic carbocycles. The van der Waals surface area contributed by atoms with Crippen LogP contribution < -0.4 is 0 Å². The Morgan fingerprint density at radius 3 is 2.20 bits per heavy atom. The van der Waals surface area contributed by atoms with Gasteiger partial charge in [0.05, 0.1) is 6.04 Å². The molecule has 0 heterocycles. The quantitative estimate of drug-likeness (QED) is 0.830. The molecule has 0 aromatic heterocycles. The lowest BCUT2D eigenvalue weighted by Gasteiger charge is -2.25. The van der Waals surface area contributed by atoms with Gasteiger partial charge in [-0.2, -0.15) is 0 Å². The lowest BCUT2D eigenvalue weighted by atomic mass is 10.1. The van der Waals surface area contributed by atoms with E-state index < -0.39 is 0 Å². The minimum atomic E-state index is -0.0181. The summed E-state index contributed by atoms with van der Waals surface area (Å²) in [5.41, 5.74) is 1.71. The summed E-state index contributed by atoms with van der Waals surface area (Å²) in [5, 5.41) is 0.694. The zero-order valence-electron chi connectivity index (χ0n) is 11.4. The molecule has 20 heavy (non-hydrogen) atoms. The maximum Gasteiger partial charge on any atom is 0.254 e. The highest BCUT2D eigenvalue weighted by molar-refractivity contribution is 7.80. The topological polar surface area (TPSA) is 20.3 Å². The minimum absolute atomic E-state index is 0.0132. The van der Waals surface area contributed by atoms with Crippen molar-refractivity contribution in [3.8, 4) is 0 Å². The standard InChI is InChI=1S/C16H16ClNOS/c1-11(12-3-7-14(17)8-4-12)18(2)16(19)13-5-9-15(20)10-6-13/h3-11,20H,1-2H3. The van der Waals surface area contributed by atoms with Gasteiger partial charge in [0, 0.05) is 22.5 Å². The van der Waals surface area contributed by atoms with E-state index in [4.69, 9.17) is 11.6 Å². The molecule has 2 rings (SSSR count). The van der Waals surface area contributed by atoms with Crippen molar-refractivity contribution in [1.29, 1.82) is 0 Å². The van der Waals surface area contributed by atoms with Crippen molar-refractivity contribution in [3.05, 3.63) is 64.7 Å². The molecule has 1 amide bonds. The van der Waals surface area contributed by atoms with E-state index in [1.54, 1.807) is 24.1 Å². The highest BCUT2D eigenvalue weighted by atomic mass is 35.5. The average Bonchev–Trinajstić information content (AvgIpc) is 2.46. The van der Waals surface area contributed by atoms with E-state index in [2.05, 4.69) is 12.6 Å². The lowest BCUT2D eigenvalue weighted by molar-refractivity contribution is 0.0742. The second-order valence-corrected chi connectivity index (χ2v) is 5.64. The maximum atomic E-state index is 12.4. The summed E-state index contributed by atoms with van der Waals surface area (Å²) < 4.78 is 0. The van der Waals surface area contributed by atoms with E-state index >= 15 is 0 Å². The van der Waals surface area contributed by atoms with E-state index in [-0.39, 0.29) is 11.9 Å². The number of rotatable bonds is 3. The fourth-order valence-electron chi connectivity index (χ4n) is 1.95. The van der Waals surface area contributed by atoms with E-state index in [0.717, 1.165) is 10.5 Å². The number of carbonyl (C=O) groups excluding carboxylic acids is 1. The molecule has 2 aromatic rings. The Morgan fingerprint density at radius 1 is 1.10 bits per heavy atom. The predicted octanol–water partition coefficient (Wildman–Crippen LogP) is 4.46. The number of amides is 1. The van der Waals surface area contributed by atoms with Gasteiger partial charge < -0.3 is 4.90 Å². The van der Waals surface area contributed by atoms with Gasteiger partial charge in [0.1, 0.15) is 0 Å². The van der Waals surface area contributed by atoms with Crippen LogP contribution >= 0.6 is 24.2 Å². The molecule has 0 spiro atoms. The van der Waals surface area contributed by atoms with Crippen LogP contribution in [0.25, 0.3) is 0 Å². The predicted molar refractivity (Wildman–Crippen MR) is 85.7 cm³/mol. The van der Waals surface area contributed by atoms with Crippen molar-refractivity contribution < 1.29 is 4.79 Å². The normalized spacial score (nSPS) is 12.0. The molecule has 4 heteroatoms. The number of halogens is 1. The summed E-state index contributed by atoms with van der Waals surface area (Å²) in [5.74, 6) is -0.0132. The molecule has 0 aliphatic heterocycles. The summed E-state index contributed by atoms with van der Waals surface area (Å²) in [4.78, 5) is 15.0. The largest absolute Gasteiger partial charge is 0.335 e. The van der Waals surface area contributed by atoms with Crippen LogP contribution in [0.2, 0.25) is 5.02 Å². The van der Waals surface area contributed by atoms with E-state index in [9.17, 15) is 4.79 Å². The van der Waals surface area contributed by atoms with Crippen molar-refractivity contribution in [2.24, 2.45) is 0 Å². The van der Waals surface area contributed by atoms with Crippen molar-refractivity contribution >= 4 is 30.1 Å². The monoisotopic (exact) mass is 305 g/mol. The van der Waals surface area contributed by atoms with Gasteiger partial charge in [0.2, 0.25) is 0 Å². The molecule has 2 nitrogen and oxygen atoms in total. The van der Waals surface area contributed by atoms with Gasteiger partial charge in [0.25, 0.3) is 5.91 Å². The van der Waals surface area contributed by atoms with Gasteiger partial charge in [-0.15, -0.1) is 12.6 Å². The first kappa shape index (κ1) is 14.9. The van der Waals surface area contributed by atoms with Gasteiger partial charge >= 0.3 is 0 Å². The molecule has 0 bridgehead atoms. The molecule has 0 saturated carbocycles. The Kier molecular flexibility index (Phi) is 4.73. The van der Waals surface area contributed by atoms with Crippen LogP contribution in [0.4, 0.5) is 0 Å². The summed E-state index contributed by atoms with van der Waals surface area (Å²) in [6.45, 7) is 1.99. The van der Waals surface area contributed by atoms with Crippen molar-refractivity contribution in [2.45, 2.75) is 17.9 Å². The van der Waals surface area contributed by atoms with E-state index in [1.807, 2.05) is 43.3 Å². The first-order chi connectivity index (χ1) is 9.49. The minimum Gasteiger partial charge on any atom is -0.335 e. The fourth-order valence-corrected chi connectivity index (χ4v) is 2.22. The Labute approximate surface area is 129 Å². The number of carbonyl (C=O) groups is 1. The molecule has 0 aliphatic rings. The molecule has 1 atom stereocenters. The Bertz CT molecular complexity index is 595. The molecule has 0 saturated heterocycles. The molecule has 0 N–H and O–H groups in total. The second kappa shape index (κ2) is 6.33. The molecule has 104 valence electrons. The lowest BCUT2D eigenvalue weighted by Crippen LogP contribution is -2.29. The number of benzene rings is 2. The van der Waals surface area contributed by atoms with Crippen molar-refractivity contribution in [1.82, 2.24) is 4.90 Å². The van der Waals surface area contributed by atoms with Crippen LogP contribution in [-0.2, 0) is 0 Å². The molecular weight excluding hydrogens is 290 g/mol. The van der Waals surface area contributed by atoms with Gasteiger partial charge in [-0.05, 0) is 48.9 Å². The Balaban J connectivity index is 2.17. The van der Waals surface area contributed by atoms with Crippen molar-refractivity contribution in [2.75, 3.05) is 7.05 Å². The summed E-state index contributed by atoms with van der Waals surface area (Å²) >= 11 is 10.1. The summed E-state index contributed by atoms with van der Waals surface area (Å²) in [6, 6.07) is 14.7. The van der Waals surface area contributed by atoms with Crippen LogP contribution in [0.1, 0.15) is 28.9 Å². The van der Waals surface area contributed by atoms with Crippen LogP contribution in [0.5, 0.6) is 0 Å². The fraction of sp³-hybridized carbons (Fsp3) is 0.188. The maximum absolute atomic E-state index is 12.4. The zero-order valence-corrected chi connectivity index (χ0v) is 13.0. The molecule has 0 radical (unpaired) electrons. The SMILES string of the molecule is CC(c1ccc(Cl)cc1)N(C)C(=O)c1ccc(S)cc1. The Morgan fingerprint density at radius 2 is 1.65 bits per heavy atom. The number of nitrogens with zero attached hydrogens (tertiary/aromatic N) is 1. The molecule has 0 fully saturated rings. The number of hydrogen-bond donors (Lipinski definition) is 1. The van der Waals surface area contributed by atoms with Gasteiger partial charge in [-0.3, -0.25) is 4.79 Å². The molecule has 2 aromatic carbocycles. The first-order valence-electron chi connectivity index (χ1n) is 6.30. The highest BCUT2D eigenvalue weighted by Gasteiger charge is 2.18. The van der Waals surface area contributed by atoms with Gasteiger partial charge in [0.15, 0.2) is 0 Å². The smallest absolute Gasteiger partial charge is 0.254 e. The third kappa shape index (κ3) is 3.35. The van der Waals surface area contributed by atoms with Crippen LogP contribution in [-0.4, -0.2) is 17.9 Å². The third-order valence-electron chi connectivity index (χ3n) is 3.37. The zero-order chi connectivity index (χ0) is 14.7. The Hall–Kier alpha value is -1.45. The van der Waals surface area contributed by atoms with Crippen molar-refractivity contribution in [3.63, 3.8) is 0 Å². The first-order valence-corrected chi connectivity index (χ1v) is 7.13. The second-order valence-electron chi connectivity index (χ2n) is 4.69. The highest BCUT2D eigenvalue weighted by Crippen LogP contribution is 2.22. The van der Waals surface area contributed by atoms with Crippen LogP contribution in [0, 0.1) is 0 Å². The summed E-state index contributed by atoms with van der Waals surface area (Å²) in [6.07, 6.45) is 0. The number of thiol groups is 1. The molecule has 1 unspecified atom stereocenters. The summed E-state index contributed by atoms with van der Waals surface area (Å²) in [7, 11) is 1.80. The molecular formula is C16H16ClNOS. The van der Waals surface area contributed by atoms with E-state index in [1.165, 1.54) is 0 Å². The van der Waals surface area contributed by atoms with Crippen LogP contribution in [0.15, 0.2) is 53.4 Å².